The van der Waals surface area contributed by atoms with Crippen molar-refractivity contribution in [2.45, 2.75) is 25.4 Å². The monoisotopic (exact) mass is 249 g/mol. The van der Waals surface area contributed by atoms with Gasteiger partial charge in [0, 0.05) is 24.4 Å². The van der Waals surface area contributed by atoms with Crippen LogP contribution in [0.25, 0.3) is 0 Å². The van der Waals surface area contributed by atoms with E-state index in [9.17, 15) is 4.79 Å². The second-order valence-electron chi connectivity index (χ2n) is 4.42. The molecule has 0 spiro atoms. The lowest BCUT2D eigenvalue weighted by Gasteiger charge is -2.22. The third-order valence-corrected chi connectivity index (χ3v) is 3.08. The molecule has 0 bridgehead atoms. The Hall–Kier alpha value is -1.59. The van der Waals surface area contributed by atoms with E-state index in [2.05, 4.69) is 10.7 Å². The van der Waals surface area contributed by atoms with Gasteiger partial charge >= 0.3 is 0 Å². The van der Waals surface area contributed by atoms with E-state index in [1.165, 1.54) is 6.42 Å². The molecule has 1 fully saturated rings. The van der Waals surface area contributed by atoms with E-state index >= 15 is 0 Å². The van der Waals surface area contributed by atoms with Gasteiger partial charge in [-0.1, -0.05) is 0 Å². The summed E-state index contributed by atoms with van der Waals surface area (Å²) in [4.78, 5) is 11.9. The molecule has 1 amide bonds. The first kappa shape index (κ1) is 12.9. The van der Waals surface area contributed by atoms with Crippen LogP contribution >= 0.6 is 0 Å². The Kier molecular flexibility index (Phi) is 4.55. The van der Waals surface area contributed by atoms with E-state index in [4.69, 9.17) is 10.6 Å². The SMILES string of the molecule is NNc1ccc(C(=O)NCC2CCCCO2)cc1. The molecule has 18 heavy (non-hydrogen) atoms. The molecule has 1 aromatic rings. The zero-order valence-electron chi connectivity index (χ0n) is 10.3. The number of hydrogen-bond acceptors (Lipinski definition) is 4. The van der Waals surface area contributed by atoms with Crippen molar-refractivity contribution in [1.29, 1.82) is 0 Å². The van der Waals surface area contributed by atoms with Gasteiger partial charge in [-0.25, -0.2) is 0 Å². The van der Waals surface area contributed by atoms with E-state index < -0.39 is 0 Å². The summed E-state index contributed by atoms with van der Waals surface area (Å²) in [6.45, 7) is 1.38. The second-order valence-corrected chi connectivity index (χ2v) is 4.42. The van der Waals surface area contributed by atoms with Crippen molar-refractivity contribution >= 4 is 11.6 Å². The first-order chi connectivity index (χ1) is 8.79. The Labute approximate surface area is 107 Å². The summed E-state index contributed by atoms with van der Waals surface area (Å²) in [6.07, 6.45) is 3.49. The maximum Gasteiger partial charge on any atom is 0.251 e. The Balaban J connectivity index is 1.82. The van der Waals surface area contributed by atoms with Crippen LogP contribution in [0.2, 0.25) is 0 Å². The molecule has 1 unspecified atom stereocenters. The minimum Gasteiger partial charge on any atom is -0.376 e. The first-order valence-electron chi connectivity index (χ1n) is 6.26. The fourth-order valence-electron chi connectivity index (χ4n) is 1.99. The lowest BCUT2D eigenvalue weighted by molar-refractivity contribution is 0.0169. The number of nitrogens with two attached hydrogens (primary N) is 1. The molecular weight excluding hydrogens is 230 g/mol. The normalized spacial score (nSPS) is 19.3. The predicted molar refractivity (Wildman–Crippen MR) is 70.2 cm³/mol. The summed E-state index contributed by atoms with van der Waals surface area (Å²) in [7, 11) is 0. The van der Waals surface area contributed by atoms with Gasteiger partial charge in [-0.2, -0.15) is 0 Å². The van der Waals surface area contributed by atoms with Crippen molar-refractivity contribution in [2.24, 2.45) is 5.84 Å². The molecule has 4 N–H and O–H groups in total. The largest absolute Gasteiger partial charge is 0.376 e. The zero-order valence-corrected chi connectivity index (χ0v) is 10.3. The highest BCUT2D eigenvalue weighted by atomic mass is 16.5. The van der Waals surface area contributed by atoms with Crippen LogP contribution in [0.1, 0.15) is 29.6 Å². The molecule has 0 aliphatic carbocycles. The summed E-state index contributed by atoms with van der Waals surface area (Å²) >= 11 is 0. The lowest BCUT2D eigenvalue weighted by Crippen LogP contribution is -2.35. The first-order valence-corrected chi connectivity index (χ1v) is 6.26. The van der Waals surface area contributed by atoms with Gasteiger partial charge in [0.1, 0.15) is 0 Å². The number of ether oxygens (including phenoxy) is 1. The minimum absolute atomic E-state index is 0.0762. The molecule has 1 aromatic carbocycles. The molecule has 5 heteroatoms. The van der Waals surface area contributed by atoms with E-state index in [1.807, 2.05) is 0 Å². The number of amides is 1. The summed E-state index contributed by atoms with van der Waals surface area (Å²) < 4.78 is 5.56. The van der Waals surface area contributed by atoms with Crippen molar-refractivity contribution in [3.63, 3.8) is 0 Å². The smallest absolute Gasteiger partial charge is 0.251 e. The number of carbonyl (C=O) groups excluding carboxylic acids is 1. The highest BCUT2D eigenvalue weighted by molar-refractivity contribution is 5.94. The van der Waals surface area contributed by atoms with Gasteiger partial charge in [0.25, 0.3) is 5.91 Å². The number of nitrogen functional groups attached to an aromatic ring is 1. The number of hydrazine groups is 1. The molecule has 98 valence electrons. The third kappa shape index (κ3) is 3.45. The fraction of sp³-hybridized carbons (Fsp3) is 0.462. The third-order valence-electron chi connectivity index (χ3n) is 3.08. The van der Waals surface area contributed by atoms with Crippen molar-refractivity contribution in [3.05, 3.63) is 29.8 Å². The van der Waals surface area contributed by atoms with Crippen LogP contribution < -0.4 is 16.6 Å². The topological polar surface area (TPSA) is 76.4 Å². The number of anilines is 1. The van der Waals surface area contributed by atoms with Gasteiger partial charge in [0.05, 0.1) is 6.10 Å². The Morgan fingerprint density at radius 2 is 2.11 bits per heavy atom. The average Bonchev–Trinajstić information content (AvgIpc) is 2.46. The molecule has 2 rings (SSSR count). The number of nitrogens with one attached hydrogen (secondary N) is 2. The molecule has 5 nitrogen and oxygen atoms in total. The second kappa shape index (κ2) is 6.37. The number of benzene rings is 1. The van der Waals surface area contributed by atoms with Crippen LogP contribution in [0.15, 0.2) is 24.3 Å². The van der Waals surface area contributed by atoms with E-state index in [1.54, 1.807) is 24.3 Å². The van der Waals surface area contributed by atoms with Crippen LogP contribution in [0.3, 0.4) is 0 Å². The van der Waals surface area contributed by atoms with Crippen molar-refractivity contribution in [1.82, 2.24) is 5.32 Å². The van der Waals surface area contributed by atoms with Crippen molar-refractivity contribution < 1.29 is 9.53 Å². The van der Waals surface area contributed by atoms with E-state index in [0.29, 0.717) is 12.1 Å². The van der Waals surface area contributed by atoms with Gasteiger partial charge in [-0.3, -0.25) is 10.6 Å². The average molecular weight is 249 g/mol. The molecule has 0 aromatic heterocycles. The van der Waals surface area contributed by atoms with Crippen LogP contribution in [-0.4, -0.2) is 25.2 Å². The molecule has 1 saturated heterocycles. The molecule has 1 aliphatic rings. The molecule has 0 radical (unpaired) electrons. The van der Waals surface area contributed by atoms with E-state index in [0.717, 1.165) is 25.1 Å². The minimum atomic E-state index is -0.0762. The highest BCUT2D eigenvalue weighted by Gasteiger charge is 2.15. The van der Waals surface area contributed by atoms with Gasteiger partial charge in [-0.05, 0) is 43.5 Å². The quantitative estimate of drug-likeness (QED) is 0.555. The van der Waals surface area contributed by atoms with E-state index in [-0.39, 0.29) is 12.0 Å². The van der Waals surface area contributed by atoms with Gasteiger partial charge in [0.2, 0.25) is 0 Å². The fourth-order valence-corrected chi connectivity index (χ4v) is 1.99. The molecule has 0 saturated carbocycles. The van der Waals surface area contributed by atoms with Crippen LogP contribution in [-0.2, 0) is 4.74 Å². The summed E-state index contributed by atoms with van der Waals surface area (Å²) in [5.74, 6) is 5.19. The Morgan fingerprint density at radius 1 is 1.33 bits per heavy atom. The van der Waals surface area contributed by atoms with Crippen molar-refractivity contribution in [3.8, 4) is 0 Å². The van der Waals surface area contributed by atoms with Crippen LogP contribution in [0.5, 0.6) is 0 Å². The summed E-state index contributed by atoms with van der Waals surface area (Å²) in [5, 5.41) is 2.89. The Morgan fingerprint density at radius 3 is 2.72 bits per heavy atom. The highest BCUT2D eigenvalue weighted by Crippen LogP contribution is 2.12. The summed E-state index contributed by atoms with van der Waals surface area (Å²) in [6, 6.07) is 7.02. The van der Waals surface area contributed by atoms with Gasteiger partial charge < -0.3 is 15.5 Å². The van der Waals surface area contributed by atoms with Crippen LogP contribution in [0, 0.1) is 0 Å². The molecule has 1 heterocycles. The van der Waals surface area contributed by atoms with Gasteiger partial charge in [-0.15, -0.1) is 0 Å². The zero-order chi connectivity index (χ0) is 12.8. The summed E-state index contributed by atoms with van der Waals surface area (Å²) in [5.41, 5.74) is 3.93. The van der Waals surface area contributed by atoms with Gasteiger partial charge in [0.15, 0.2) is 0 Å². The number of hydrogen-bond donors (Lipinski definition) is 3. The van der Waals surface area contributed by atoms with Crippen molar-refractivity contribution in [2.75, 3.05) is 18.6 Å². The standard InChI is InChI=1S/C13H19N3O2/c14-16-11-6-4-10(5-7-11)13(17)15-9-12-3-1-2-8-18-12/h4-7,12,16H,1-3,8-9,14H2,(H,15,17). The Bertz CT molecular complexity index is 386. The molecule has 1 aliphatic heterocycles. The molecular formula is C13H19N3O2. The maximum atomic E-state index is 11.9. The maximum absolute atomic E-state index is 11.9. The number of carbonyl (C=O) groups is 1. The number of rotatable bonds is 4. The van der Waals surface area contributed by atoms with Crippen LogP contribution in [0.4, 0.5) is 5.69 Å². The lowest BCUT2D eigenvalue weighted by atomic mass is 10.1. The molecule has 1 atom stereocenters. The predicted octanol–water partition coefficient (Wildman–Crippen LogP) is 1.27.